The van der Waals surface area contributed by atoms with Gasteiger partial charge in [-0.2, -0.15) is 5.26 Å². The van der Waals surface area contributed by atoms with Gasteiger partial charge in [0, 0.05) is 21.8 Å². The molecule has 1 aliphatic rings. The fourth-order valence-corrected chi connectivity index (χ4v) is 3.01. The van der Waals surface area contributed by atoms with E-state index in [9.17, 15) is 14.3 Å². The van der Waals surface area contributed by atoms with Crippen LogP contribution in [0.1, 0.15) is 22.3 Å². The highest BCUT2D eigenvalue weighted by atomic mass is 35.5. The molecule has 2 N–H and O–H groups in total. The first-order chi connectivity index (χ1) is 10.5. The molecule has 0 aromatic heterocycles. The molecule has 0 saturated carbocycles. The van der Waals surface area contributed by atoms with Crippen LogP contribution in [0.15, 0.2) is 36.4 Å². The molecule has 1 amide bonds. The molecular weight excluding hydrogens is 307 g/mol. The molecule has 0 radical (unpaired) electrons. The number of rotatable bonds is 2. The number of nitrogens with one attached hydrogen (secondary N) is 1. The molecule has 1 aliphatic heterocycles. The largest absolute Gasteiger partial charge is 0.372 e. The molecule has 0 aliphatic carbocycles. The van der Waals surface area contributed by atoms with Gasteiger partial charge in [0.05, 0.1) is 11.6 Å². The van der Waals surface area contributed by atoms with Crippen molar-refractivity contribution in [1.29, 1.82) is 5.26 Å². The Morgan fingerprint density at radius 2 is 2.09 bits per heavy atom. The van der Waals surface area contributed by atoms with Crippen LogP contribution in [0, 0.1) is 11.3 Å². The Labute approximate surface area is 130 Å². The van der Waals surface area contributed by atoms with Crippen molar-refractivity contribution in [2.75, 3.05) is 5.32 Å². The van der Waals surface area contributed by atoms with Gasteiger partial charge < -0.3 is 10.4 Å². The summed E-state index contributed by atoms with van der Waals surface area (Å²) in [5, 5.41) is 22.7. The number of carbonyl (C=O) groups excluding carboxylic acids is 1. The smallest absolute Gasteiger partial charge is 0.265 e. The molecule has 2 aromatic rings. The molecule has 1 unspecified atom stereocenters. The van der Waals surface area contributed by atoms with Gasteiger partial charge in [0.1, 0.15) is 6.67 Å². The van der Waals surface area contributed by atoms with Crippen LogP contribution in [-0.2, 0) is 17.1 Å². The van der Waals surface area contributed by atoms with Crippen LogP contribution in [0.25, 0.3) is 0 Å². The molecule has 0 saturated heterocycles. The Hall–Kier alpha value is -2.42. The monoisotopic (exact) mass is 316 g/mol. The molecule has 4 nitrogen and oxygen atoms in total. The summed E-state index contributed by atoms with van der Waals surface area (Å²) in [6.45, 7) is -0.917. The normalized spacial score (nSPS) is 19.5. The van der Waals surface area contributed by atoms with Gasteiger partial charge in [0.2, 0.25) is 0 Å². The number of fused-ring (bicyclic) bond motifs is 1. The summed E-state index contributed by atoms with van der Waals surface area (Å²) < 4.78 is 13.4. The van der Waals surface area contributed by atoms with E-state index >= 15 is 0 Å². The summed E-state index contributed by atoms with van der Waals surface area (Å²) in [5.41, 5.74) is -1.30. The Balaban J connectivity index is 2.33. The first-order valence-electron chi connectivity index (χ1n) is 6.44. The van der Waals surface area contributed by atoms with Gasteiger partial charge in [-0.1, -0.05) is 29.8 Å². The van der Waals surface area contributed by atoms with E-state index in [0.717, 1.165) is 0 Å². The summed E-state index contributed by atoms with van der Waals surface area (Å²) in [5.74, 6) is -0.722. The van der Waals surface area contributed by atoms with Crippen LogP contribution >= 0.6 is 11.6 Å². The van der Waals surface area contributed by atoms with Gasteiger partial charge in [-0.3, -0.25) is 4.79 Å². The first-order valence-corrected chi connectivity index (χ1v) is 6.82. The molecule has 1 heterocycles. The number of aliphatic hydroxyl groups is 1. The zero-order valence-corrected chi connectivity index (χ0v) is 12.0. The van der Waals surface area contributed by atoms with Crippen molar-refractivity contribution in [3.05, 3.63) is 63.7 Å². The molecule has 0 fully saturated rings. The maximum absolute atomic E-state index is 13.4. The van der Waals surface area contributed by atoms with Crippen LogP contribution in [0.2, 0.25) is 5.02 Å². The van der Waals surface area contributed by atoms with Crippen molar-refractivity contribution in [3.8, 4) is 6.07 Å². The topological polar surface area (TPSA) is 73.1 Å². The van der Waals surface area contributed by atoms with Crippen molar-refractivity contribution < 1.29 is 14.3 Å². The second-order valence-corrected chi connectivity index (χ2v) is 5.35. The number of anilines is 1. The van der Waals surface area contributed by atoms with Crippen molar-refractivity contribution in [1.82, 2.24) is 0 Å². The summed E-state index contributed by atoms with van der Waals surface area (Å²) in [7, 11) is 0. The quantitative estimate of drug-likeness (QED) is 0.894. The van der Waals surface area contributed by atoms with Crippen LogP contribution in [-0.4, -0.2) is 11.0 Å². The van der Waals surface area contributed by atoms with Crippen LogP contribution in [0.4, 0.5) is 10.1 Å². The molecule has 3 rings (SSSR count). The maximum Gasteiger partial charge on any atom is 0.265 e. The third-order valence-corrected chi connectivity index (χ3v) is 4.02. The first kappa shape index (κ1) is 14.5. The number of alkyl halides is 1. The predicted octanol–water partition coefficient (Wildman–Crippen LogP) is 2.87. The minimum Gasteiger partial charge on any atom is -0.372 e. The number of benzene rings is 2. The maximum atomic E-state index is 13.4. The SMILES string of the molecule is N#Cc1cc(CF)c2c(c1)NC(=O)C2(O)c1ccccc1Cl. The summed E-state index contributed by atoms with van der Waals surface area (Å²) >= 11 is 6.09. The number of amides is 1. The second kappa shape index (κ2) is 5.09. The van der Waals surface area contributed by atoms with E-state index in [2.05, 4.69) is 5.32 Å². The number of nitrogens with zero attached hydrogens (tertiary/aromatic N) is 1. The van der Waals surface area contributed by atoms with Gasteiger partial charge in [-0.05, 0) is 23.8 Å². The molecule has 22 heavy (non-hydrogen) atoms. The Morgan fingerprint density at radius 1 is 1.36 bits per heavy atom. The summed E-state index contributed by atoms with van der Waals surface area (Å²) in [6.07, 6.45) is 0. The van der Waals surface area contributed by atoms with E-state index in [-0.39, 0.29) is 33.0 Å². The minimum atomic E-state index is -2.08. The fourth-order valence-electron chi connectivity index (χ4n) is 2.74. The van der Waals surface area contributed by atoms with Gasteiger partial charge >= 0.3 is 0 Å². The predicted molar refractivity (Wildman–Crippen MR) is 79.0 cm³/mol. The van der Waals surface area contributed by atoms with E-state index in [1.807, 2.05) is 6.07 Å². The molecular formula is C16H10ClFN2O2. The van der Waals surface area contributed by atoms with Gasteiger partial charge in [-0.25, -0.2) is 4.39 Å². The molecule has 6 heteroatoms. The highest BCUT2D eigenvalue weighted by molar-refractivity contribution is 6.32. The lowest BCUT2D eigenvalue weighted by Crippen LogP contribution is -2.36. The van der Waals surface area contributed by atoms with Crippen molar-refractivity contribution in [3.63, 3.8) is 0 Å². The molecule has 0 spiro atoms. The van der Waals surface area contributed by atoms with E-state index in [0.29, 0.717) is 0 Å². The van der Waals surface area contributed by atoms with E-state index in [4.69, 9.17) is 16.9 Å². The number of nitriles is 1. The van der Waals surface area contributed by atoms with Crippen LogP contribution < -0.4 is 5.32 Å². The standard InChI is InChI=1S/C16H10ClFN2O2/c17-12-4-2-1-3-11(12)16(22)14-10(7-18)5-9(8-19)6-13(14)20-15(16)21/h1-6,22H,7H2,(H,20,21). The lowest BCUT2D eigenvalue weighted by molar-refractivity contribution is -0.129. The average molecular weight is 317 g/mol. The van der Waals surface area contributed by atoms with Crippen molar-refractivity contribution in [2.45, 2.75) is 12.3 Å². The van der Waals surface area contributed by atoms with Gasteiger partial charge in [0.15, 0.2) is 5.60 Å². The Kier molecular flexibility index (Phi) is 3.36. The van der Waals surface area contributed by atoms with Crippen LogP contribution in [0.3, 0.4) is 0 Å². The van der Waals surface area contributed by atoms with Crippen molar-refractivity contribution >= 4 is 23.2 Å². The third-order valence-electron chi connectivity index (χ3n) is 3.70. The highest BCUT2D eigenvalue weighted by Gasteiger charge is 2.49. The second-order valence-electron chi connectivity index (χ2n) is 4.95. The van der Waals surface area contributed by atoms with Crippen LogP contribution in [0.5, 0.6) is 0 Å². The van der Waals surface area contributed by atoms with Crippen molar-refractivity contribution in [2.24, 2.45) is 0 Å². The minimum absolute atomic E-state index is 0.0785. The Bertz CT molecular complexity index is 831. The summed E-state index contributed by atoms with van der Waals surface area (Å²) in [6, 6.07) is 11.0. The number of halogens is 2. The van der Waals surface area contributed by atoms with E-state index in [1.165, 1.54) is 18.2 Å². The summed E-state index contributed by atoms with van der Waals surface area (Å²) in [4.78, 5) is 12.3. The third kappa shape index (κ3) is 1.89. The zero-order chi connectivity index (χ0) is 15.9. The van der Waals surface area contributed by atoms with E-state index in [1.54, 1.807) is 18.2 Å². The molecule has 110 valence electrons. The average Bonchev–Trinajstić information content (AvgIpc) is 2.78. The molecule has 0 bridgehead atoms. The van der Waals surface area contributed by atoms with E-state index < -0.39 is 18.2 Å². The zero-order valence-electron chi connectivity index (χ0n) is 11.2. The van der Waals surface area contributed by atoms with Gasteiger partial charge in [0.25, 0.3) is 5.91 Å². The van der Waals surface area contributed by atoms with Gasteiger partial charge in [-0.15, -0.1) is 0 Å². The fraction of sp³-hybridized carbons (Fsp3) is 0.125. The number of hydrogen-bond acceptors (Lipinski definition) is 3. The number of hydrogen-bond donors (Lipinski definition) is 2. The highest BCUT2D eigenvalue weighted by Crippen LogP contribution is 2.45. The molecule has 1 atom stereocenters. The Morgan fingerprint density at radius 3 is 2.73 bits per heavy atom. The lowest BCUT2D eigenvalue weighted by Gasteiger charge is -2.24. The number of carbonyl (C=O) groups is 1. The lowest BCUT2D eigenvalue weighted by atomic mass is 9.84. The molecule has 2 aromatic carbocycles.